The highest BCUT2D eigenvalue weighted by Crippen LogP contribution is 2.25. The van der Waals surface area contributed by atoms with Gasteiger partial charge in [0.1, 0.15) is 5.75 Å². The van der Waals surface area contributed by atoms with Gasteiger partial charge < -0.3 is 9.64 Å². The molecule has 0 aliphatic rings. The molecule has 0 aliphatic heterocycles. The Bertz CT molecular complexity index is 938. The van der Waals surface area contributed by atoms with E-state index >= 15 is 0 Å². The number of hydrogen-bond donors (Lipinski definition) is 0. The summed E-state index contributed by atoms with van der Waals surface area (Å²) in [6.07, 6.45) is 0.385. The Balaban J connectivity index is 2.00. The Kier molecular flexibility index (Phi) is 5.84. The average Bonchev–Trinajstić information content (AvgIpc) is 3.10. The molecular weight excluding hydrogens is 338 g/mol. The molecule has 3 rings (SSSR count). The van der Waals surface area contributed by atoms with Crippen LogP contribution in [0.4, 0.5) is 0 Å². The van der Waals surface area contributed by atoms with E-state index in [1.54, 1.807) is 7.11 Å². The topological polar surface area (TPSA) is 67.0 Å². The van der Waals surface area contributed by atoms with Crippen LogP contribution in [-0.2, 0) is 13.1 Å². The first-order valence-electron chi connectivity index (χ1n) is 8.81. The van der Waals surface area contributed by atoms with Gasteiger partial charge in [-0.25, -0.2) is 9.67 Å². The number of ether oxygens (including phenoxy) is 1. The Hall–Kier alpha value is -3.17. The lowest BCUT2D eigenvalue weighted by Gasteiger charge is -2.11. The first kappa shape index (κ1) is 18.6. The highest BCUT2D eigenvalue weighted by Gasteiger charge is 2.14. The van der Waals surface area contributed by atoms with Crippen molar-refractivity contribution in [2.75, 3.05) is 21.2 Å². The number of aryl methyl sites for hydroxylation is 1. The zero-order valence-electron chi connectivity index (χ0n) is 15.9. The van der Waals surface area contributed by atoms with Crippen molar-refractivity contribution in [1.29, 1.82) is 5.26 Å². The van der Waals surface area contributed by atoms with E-state index in [0.717, 1.165) is 29.2 Å². The van der Waals surface area contributed by atoms with Crippen molar-refractivity contribution >= 4 is 0 Å². The lowest BCUT2D eigenvalue weighted by atomic mass is 10.1. The average molecular weight is 361 g/mol. The minimum absolute atomic E-state index is 0.385. The van der Waals surface area contributed by atoms with Crippen molar-refractivity contribution in [3.8, 4) is 34.6 Å². The first-order chi connectivity index (χ1) is 13.1. The molecule has 0 amide bonds. The molecule has 0 atom stereocenters. The quantitative estimate of drug-likeness (QED) is 0.643. The third-order valence-electron chi connectivity index (χ3n) is 4.14. The molecule has 0 saturated carbocycles. The highest BCUT2D eigenvalue weighted by atomic mass is 16.5. The number of hydrogen-bond acceptors (Lipinski definition) is 5. The molecule has 6 nitrogen and oxygen atoms in total. The Morgan fingerprint density at radius 2 is 1.89 bits per heavy atom. The van der Waals surface area contributed by atoms with Gasteiger partial charge in [-0.2, -0.15) is 10.4 Å². The Morgan fingerprint density at radius 3 is 2.56 bits per heavy atom. The summed E-state index contributed by atoms with van der Waals surface area (Å²) < 4.78 is 7.03. The van der Waals surface area contributed by atoms with Crippen molar-refractivity contribution in [2.45, 2.75) is 19.5 Å². The molecule has 1 aromatic heterocycles. The normalized spacial score (nSPS) is 10.8. The van der Waals surface area contributed by atoms with Crippen LogP contribution in [0.25, 0.3) is 22.8 Å². The summed E-state index contributed by atoms with van der Waals surface area (Å²) in [5.74, 6) is 2.21. The fourth-order valence-corrected chi connectivity index (χ4v) is 2.90. The van der Waals surface area contributed by atoms with E-state index in [4.69, 9.17) is 15.0 Å². The lowest BCUT2D eigenvalue weighted by Crippen LogP contribution is -2.10. The molecule has 3 aromatic rings. The van der Waals surface area contributed by atoms with Gasteiger partial charge in [-0.3, -0.25) is 0 Å². The van der Waals surface area contributed by atoms with Crippen LogP contribution in [0, 0.1) is 11.3 Å². The molecule has 138 valence electrons. The maximum absolute atomic E-state index is 8.98. The number of nitriles is 1. The van der Waals surface area contributed by atoms with Gasteiger partial charge in [0, 0.05) is 17.7 Å². The fourth-order valence-electron chi connectivity index (χ4n) is 2.90. The van der Waals surface area contributed by atoms with E-state index in [1.807, 2.05) is 55.2 Å². The first-order valence-corrected chi connectivity index (χ1v) is 8.81. The molecule has 6 heteroatoms. The van der Waals surface area contributed by atoms with Gasteiger partial charge in [0.05, 0.1) is 26.1 Å². The number of methoxy groups -OCH3 is 1. The highest BCUT2D eigenvalue weighted by molar-refractivity contribution is 5.62. The minimum atomic E-state index is 0.385. The maximum atomic E-state index is 8.98. The predicted octanol–water partition coefficient (Wildman–Crippen LogP) is 3.60. The summed E-state index contributed by atoms with van der Waals surface area (Å²) in [6.45, 7) is 1.36. The van der Waals surface area contributed by atoms with E-state index in [9.17, 15) is 0 Å². The largest absolute Gasteiger partial charge is 0.497 e. The molecule has 0 unspecified atom stereocenters. The third-order valence-corrected chi connectivity index (χ3v) is 4.14. The van der Waals surface area contributed by atoms with Gasteiger partial charge in [-0.15, -0.1) is 0 Å². The van der Waals surface area contributed by atoms with Gasteiger partial charge in [0.25, 0.3) is 0 Å². The predicted molar refractivity (Wildman–Crippen MR) is 105 cm³/mol. The van der Waals surface area contributed by atoms with Crippen LogP contribution in [-0.4, -0.2) is 40.9 Å². The van der Waals surface area contributed by atoms with Crippen LogP contribution in [0.15, 0.2) is 48.5 Å². The molecule has 0 spiro atoms. The van der Waals surface area contributed by atoms with Gasteiger partial charge >= 0.3 is 0 Å². The third kappa shape index (κ3) is 4.52. The van der Waals surface area contributed by atoms with Crippen LogP contribution in [0.3, 0.4) is 0 Å². The van der Waals surface area contributed by atoms with Crippen LogP contribution in [0.1, 0.15) is 12.0 Å². The molecule has 0 N–H and O–H groups in total. The van der Waals surface area contributed by atoms with Crippen LogP contribution < -0.4 is 4.74 Å². The second kappa shape index (κ2) is 8.47. The summed E-state index contributed by atoms with van der Waals surface area (Å²) in [5.41, 5.74) is 3.12. The summed E-state index contributed by atoms with van der Waals surface area (Å²) in [5, 5.41) is 13.6. The van der Waals surface area contributed by atoms with E-state index < -0.39 is 0 Å². The molecule has 1 heterocycles. The van der Waals surface area contributed by atoms with Crippen LogP contribution in [0.5, 0.6) is 5.75 Å². The molecular formula is C21H23N5O. The van der Waals surface area contributed by atoms with Crippen LogP contribution in [0.2, 0.25) is 0 Å². The van der Waals surface area contributed by atoms with Crippen molar-refractivity contribution < 1.29 is 4.74 Å². The van der Waals surface area contributed by atoms with Crippen LogP contribution >= 0.6 is 0 Å². The molecule has 0 saturated heterocycles. The zero-order valence-corrected chi connectivity index (χ0v) is 15.9. The second-order valence-corrected chi connectivity index (χ2v) is 6.56. The summed E-state index contributed by atoms with van der Waals surface area (Å²) in [7, 11) is 5.73. The molecule has 0 bridgehead atoms. The Morgan fingerprint density at radius 1 is 1.11 bits per heavy atom. The van der Waals surface area contributed by atoms with E-state index in [-0.39, 0.29) is 0 Å². The second-order valence-electron chi connectivity index (χ2n) is 6.56. The van der Waals surface area contributed by atoms with E-state index in [0.29, 0.717) is 18.8 Å². The van der Waals surface area contributed by atoms with Crippen molar-refractivity contribution in [3.63, 3.8) is 0 Å². The molecule has 2 aromatic carbocycles. The number of benzene rings is 2. The molecule has 0 fully saturated rings. The number of rotatable bonds is 7. The van der Waals surface area contributed by atoms with Gasteiger partial charge in [0.2, 0.25) is 0 Å². The lowest BCUT2D eigenvalue weighted by molar-refractivity contribution is 0.402. The molecule has 27 heavy (non-hydrogen) atoms. The monoisotopic (exact) mass is 361 g/mol. The number of nitrogens with zero attached hydrogens (tertiary/aromatic N) is 5. The SMILES string of the molecule is COc1ccc(-c2nc(-c3cccc(CN(C)C)c3)n(CCC#N)n2)cc1. The smallest absolute Gasteiger partial charge is 0.181 e. The molecule has 0 aliphatic carbocycles. The van der Waals surface area contributed by atoms with E-state index in [2.05, 4.69) is 28.2 Å². The number of aromatic nitrogens is 3. The van der Waals surface area contributed by atoms with Crippen molar-refractivity contribution in [2.24, 2.45) is 0 Å². The van der Waals surface area contributed by atoms with Crippen molar-refractivity contribution in [3.05, 3.63) is 54.1 Å². The zero-order chi connectivity index (χ0) is 19.2. The minimum Gasteiger partial charge on any atom is -0.497 e. The fraction of sp³-hybridized carbons (Fsp3) is 0.286. The van der Waals surface area contributed by atoms with Gasteiger partial charge in [0.15, 0.2) is 11.6 Å². The Labute approximate surface area is 159 Å². The summed E-state index contributed by atoms with van der Waals surface area (Å²) in [6, 6.07) is 18.1. The maximum Gasteiger partial charge on any atom is 0.181 e. The van der Waals surface area contributed by atoms with Gasteiger partial charge in [-0.1, -0.05) is 18.2 Å². The van der Waals surface area contributed by atoms with Crippen molar-refractivity contribution in [1.82, 2.24) is 19.7 Å². The summed E-state index contributed by atoms with van der Waals surface area (Å²) in [4.78, 5) is 6.89. The standard InChI is InChI=1S/C21H23N5O/c1-25(2)15-16-6-4-7-18(14-16)21-23-20(24-26(21)13-5-12-22)17-8-10-19(27-3)11-9-17/h4,6-11,14H,5,13,15H2,1-3H3. The molecule has 0 radical (unpaired) electrons. The van der Waals surface area contributed by atoms with Gasteiger partial charge in [-0.05, 0) is 50.0 Å². The van der Waals surface area contributed by atoms with E-state index in [1.165, 1.54) is 5.56 Å². The summed E-state index contributed by atoms with van der Waals surface area (Å²) >= 11 is 0.